The van der Waals surface area contributed by atoms with Gasteiger partial charge in [-0.25, -0.2) is 0 Å². The second-order valence-corrected chi connectivity index (χ2v) is 2.81. The third-order valence-electron chi connectivity index (χ3n) is 1.73. The van der Waals surface area contributed by atoms with Crippen LogP contribution in [0.5, 0.6) is 11.5 Å². The zero-order valence-corrected chi connectivity index (χ0v) is 7.05. The molecule has 6 nitrogen and oxygen atoms in total. The fourth-order valence-corrected chi connectivity index (χ4v) is 1.09. The molecule has 2 rings (SSSR count). The van der Waals surface area contributed by atoms with Gasteiger partial charge < -0.3 is 11.7 Å². The smallest absolute Gasteiger partial charge is 0.245 e. The van der Waals surface area contributed by atoms with Crippen LogP contribution < -0.4 is 20.2 Å². The molecule has 4 N–H and O–H groups in total. The van der Waals surface area contributed by atoms with Crippen molar-refractivity contribution >= 4 is 0 Å². The summed E-state index contributed by atoms with van der Waals surface area (Å²) in [5.74, 6) is 15.4. The monoisotopic (exact) mass is 182 g/mol. The summed E-state index contributed by atoms with van der Waals surface area (Å²) in [6.45, 7) is 1.92. The van der Waals surface area contributed by atoms with Crippen molar-refractivity contribution in [2.45, 2.75) is 6.92 Å². The van der Waals surface area contributed by atoms with Crippen LogP contribution in [0.2, 0.25) is 0 Å². The molecule has 1 heterocycles. The molecule has 2 unspecified atom stereocenters. The Bertz CT molecular complexity index is 330. The summed E-state index contributed by atoms with van der Waals surface area (Å²) < 4.78 is 0. The van der Waals surface area contributed by atoms with Gasteiger partial charge in [0.15, 0.2) is 0 Å². The Balaban J connectivity index is 2.37. The highest BCUT2D eigenvalue weighted by Crippen LogP contribution is 2.26. The van der Waals surface area contributed by atoms with Crippen LogP contribution in [0.15, 0.2) is 18.2 Å². The van der Waals surface area contributed by atoms with Gasteiger partial charge in [0.2, 0.25) is 11.5 Å². The van der Waals surface area contributed by atoms with E-state index in [1.165, 1.54) is 0 Å². The average Bonchev–Trinajstić information content (AvgIpc) is 2.08. The summed E-state index contributed by atoms with van der Waals surface area (Å²) in [7, 11) is 0. The largest absolute Gasteiger partial charge is 0.367 e. The summed E-state index contributed by atoms with van der Waals surface area (Å²) in [6.07, 6.45) is 0. The van der Waals surface area contributed by atoms with Crippen LogP contribution in [0.1, 0.15) is 5.56 Å². The molecule has 0 amide bonds. The number of aryl methyl sites for hydroxylation is 1. The quantitative estimate of drug-likeness (QED) is 0.552. The average molecular weight is 182 g/mol. The Morgan fingerprint density at radius 3 is 2.38 bits per heavy atom. The van der Waals surface area contributed by atoms with Gasteiger partial charge in [-0.15, -0.1) is 0 Å². The Hall–Kier alpha value is -1.34. The molecule has 1 aromatic carbocycles. The first-order valence-corrected chi connectivity index (χ1v) is 3.80. The lowest BCUT2D eigenvalue weighted by Gasteiger charge is -2.31. The fraction of sp³-hybridized carbons (Fsp3) is 0.143. The Kier molecular flexibility index (Phi) is 1.82. The minimum atomic E-state index is -0.253. The molecule has 1 aliphatic heterocycles. The second-order valence-electron chi connectivity index (χ2n) is 2.81. The lowest BCUT2D eigenvalue weighted by Crippen LogP contribution is -3.56. The van der Waals surface area contributed by atoms with Crippen molar-refractivity contribution in [2.24, 2.45) is 0 Å². The minimum Gasteiger partial charge on any atom is -0.367 e. The van der Waals surface area contributed by atoms with E-state index in [2.05, 4.69) is 0 Å². The van der Waals surface area contributed by atoms with E-state index in [0.29, 0.717) is 11.5 Å². The lowest BCUT2D eigenvalue weighted by molar-refractivity contribution is -1.59. The minimum absolute atomic E-state index is 0.252. The van der Waals surface area contributed by atoms with E-state index < -0.39 is 0 Å². The van der Waals surface area contributed by atoms with Gasteiger partial charge >= 0.3 is 0 Å². The van der Waals surface area contributed by atoms with Crippen LogP contribution in [-0.2, 0) is 0 Å². The van der Waals surface area contributed by atoms with Crippen LogP contribution in [-0.4, -0.2) is 0 Å². The first-order chi connectivity index (χ1) is 6.16. The molecule has 1 aromatic rings. The molecule has 6 heteroatoms. The molecular weight excluding hydrogens is 172 g/mol. The van der Waals surface area contributed by atoms with E-state index in [-0.39, 0.29) is 10.6 Å². The summed E-state index contributed by atoms with van der Waals surface area (Å²) in [5, 5.41) is -0.505. The van der Waals surface area contributed by atoms with E-state index in [4.69, 9.17) is 21.4 Å². The van der Waals surface area contributed by atoms with Crippen LogP contribution in [0.4, 0.5) is 0 Å². The number of benzene rings is 1. The molecule has 2 atom stereocenters. The highest BCUT2D eigenvalue weighted by molar-refractivity contribution is 5.41. The first kappa shape index (κ1) is 8.27. The highest BCUT2D eigenvalue weighted by atomic mass is 16.9. The maximum atomic E-state index is 7.22. The van der Waals surface area contributed by atoms with Crippen LogP contribution in [0, 0.1) is 6.92 Å². The van der Waals surface area contributed by atoms with Crippen molar-refractivity contribution < 1.29 is 20.2 Å². The number of hydrogen-bond acceptors (Lipinski definition) is 2. The van der Waals surface area contributed by atoms with E-state index in [1.54, 1.807) is 12.1 Å². The summed E-state index contributed by atoms with van der Waals surface area (Å²) in [5.41, 5.74) is 1.03. The molecule has 70 valence electrons. The number of quaternary nitrogens is 2. The number of nitrogens with one attached hydrogen (secondary N) is 4. The summed E-state index contributed by atoms with van der Waals surface area (Å²) in [4.78, 5) is 10.1. The predicted molar refractivity (Wildman–Crippen MR) is 43.0 cm³/mol. The van der Waals surface area contributed by atoms with Gasteiger partial charge in [-0.1, -0.05) is 6.07 Å². The normalized spacial score (nSPS) is 25.8. The molecular formula is C7H10N4O2. The Labute approximate surface area is 75.0 Å². The SMILES string of the molecule is Cc1ccc2c(c1)O[NH+]([NH-])[NH+]([NH-])O2. The molecule has 0 saturated heterocycles. The molecule has 0 fully saturated rings. The third-order valence-corrected chi connectivity index (χ3v) is 1.73. The molecule has 0 aliphatic carbocycles. The van der Waals surface area contributed by atoms with Crippen LogP contribution in [0.3, 0.4) is 0 Å². The molecule has 0 saturated carbocycles. The van der Waals surface area contributed by atoms with Crippen molar-refractivity contribution in [3.05, 3.63) is 35.4 Å². The number of fused-ring (bicyclic) bond motifs is 1. The van der Waals surface area contributed by atoms with Crippen molar-refractivity contribution in [3.8, 4) is 11.5 Å². The van der Waals surface area contributed by atoms with Gasteiger partial charge in [0.05, 0.1) is 0 Å². The first-order valence-electron chi connectivity index (χ1n) is 3.80. The number of rotatable bonds is 0. The van der Waals surface area contributed by atoms with Crippen molar-refractivity contribution in [1.82, 2.24) is 0 Å². The molecule has 1 aliphatic rings. The topological polar surface area (TPSA) is 74.9 Å². The maximum absolute atomic E-state index is 7.22. The van der Waals surface area contributed by atoms with E-state index in [9.17, 15) is 0 Å². The molecule has 0 aromatic heterocycles. The van der Waals surface area contributed by atoms with Crippen LogP contribution in [0.25, 0.3) is 11.7 Å². The van der Waals surface area contributed by atoms with Gasteiger partial charge in [-0.05, 0) is 35.2 Å². The fourth-order valence-electron chi connectivity index (χ4n) is 1.09. The standard InChI is InChI=1S/C7H10N4O2/c1-5-2-3-6-7(4-5)13-11(9)10(8)12-6/h2-4,8-11H,1H3. The van der Waals surface area contributed by atoms with Gasteiger partial charge in [-0.2, -0.15) is 0 Å². The predicted octanol–water partition coefficient (Wildman–Crippen LogP) is -0.785. The summed E-state index contributed by atoms with van der Waals surface area (Å²) >= 11 is 0. The van der Waals surface area contributed by atoms with Gasteiger partial charge in [0.1, 0.15) is 0 Å². The molecule has 0 spiro atoms. The van der Waals surface area contributed by atoms with Gasteiger partial charge in [-0.3, -0.25) is 9.68 Å². The Morgan fingerprint density at radius 1 is 1.08 bits per heavy atom. The number of hydrogen-bond donors (Lipinski definition) is 2. The molecule has 0 radical (unpaired) electrons. The van der Waals surface area contributed by atoms with Crippen molar-refractivity contribution in [2.75, 3.05) is 0 Å². The van der Waals surface area contributed by atoms with Crippen molar-refractivity contribution in [1.29, 1.82) is 0 Å². The summed E-state index contributed by atoms with van der Waals surface area (Å²) in [6, 6.07) is 5.37. The third kappa shape index (κ3) is 1.43. The van der Waals surface area contributed by atoms with Crippen LogP contribution >= 0.6 is 0 Å². The van der Waals surface area contributed by atoms with Gasteiger partial charge in [0, 0.05) is 0 Å². The zero-order valence-electron chi connectivity index (χ0n) is 7.05. The highest BCUT2D eigenvalue weighted by Gasteiger charge is 2.22. The lowest BCUT2D eigenvalue weighted by atomic mass is 10.2. The zero-order chi connectivity index (χ0) is 9.42. The van der Waals surface area contributed by atoms with Crippen molar-refractivity contribution in [3.63, 3.8) is 0 Å². The van der Waals surface area contributed by atoms with E-state index >= 15 is 0 Å². The van der Waals surface area contributed by atoms with Gasteiger partial charge in [0.25, 0.3) is 0 Å². The maximum Gasteiger partial charge on any atom is 0.245 e. The Morgan fingerprint density at radius 2 is 1.69 bits per heavy atom. The van der Waals surface area contributed by atoms with E-state index in [0.717, 1.165) is 5.56 Å². The van der Waals surface area contributed by atoms with E-state index in [1.807, 2.05) is 13.0 Å². The molecule has 13 heavy (non-hydrogen) atoms. The second kappa shape index (κ2) is 2.86. The molecule has 0 bridgehead atoms.